The number of fused-ring (bicyclic) bond motifs is 5. The van der Waals surface area contributed by atoms with Crippen LogP contribution < -0.4 is 0 Å². The van der Waals surface area contributed by atoms with Crippen LogP contribution in [0.4, 0.5) is 0 Å². The lowest BCUT2D eigenvalue weighted by Crippen LogP contribution is -2.65. The molecule has 4 heterocycles. The minimum absolute atomic E-state index is 0.0169. The Morgan fingerprint density at radius 2 is 1.27 bits per heavy atom. The van der Waals surface area contributed by atoms with Crippen molar-refractivity contribution >= 4 is 0 Å². The van der Waals surface area contributed by atoms with Crippen LogP contribution in [0.3, 0.4) is 0 Å². The van der Waals surface area contributed by atoms with Crippen LogP contribution in [0.1, 0.15) is 79.1 Å². The Morgan fingerprint density at radius 3 is 1.92 bits per heavy atom. The van der Waals surface area contributed by atoms with Crippen LogP contribution in [0, 0.1) is 40.4 Å². The SMILES string of the molecule is CO[C@@H]1[C@@H](O)[C@H]([C@H]2CC[C@@]3(C)C(=CC[C@@H]4[C@@H]3CC[C@]3(C)[C@@H]([C@@H](C)[C@@H]5O[C@H](CO)[C@@H](O)[C@H](O)[C@H]5O)CC[C@]43O)C2)O[C@H](C)[C@@H]1O[C@@H]1O[C@H](CO[C@@H]2O[C@H](CO)[C@@H](O)[C@H](O)[C@H]2O)[C@@H](O)[C@H](O)[C@H]1O. The number of ether oxygens (including phenoxy) is 7. The highest BCUT2D eigenvalue weighted by atomic mass is 16.7. The van der Waals surface area contributed by atoms with Crippen molar-refractivity contribution in [3.05, 3.63) is 11.6 Å². The summed E-state index contributed by atoms with van der Waals surface area (Å²) < 4.78 is 41.5. The molecule has 0 amide bonds. The fraction of sp³-hybridized carbons (Fsp3) is 0.957. The lowest BCUT2D eigenvalue weighted by molar-refractivity contribution is -0.353. The molecule has 0 bridgehead atoms. The normalized spacial score (nSPS) is 55.9. The highest BCUT2D eigenvalue weighted by molar-refractivity contribution is 5.28. The van der Waals surface area contributed by atoms with Crippen LogP contribution in [0.25, 0.3) is 0 Å². The maximum absolute atomic E-state index is 12.9. The van der Waals surface area contributed by atoms with Crippen molar-refractivity contribution in [3.63, 3.8) is 0 Å². The third kappa shape index (κ3) is 8.36. The van der Waals surface area contributed by atoms with Crippen molar-refractivity contribution in [1.82, 2.24) is 0 Å². The zero-order valence-corrected chi connectivity index (χ0v) is 38.5. The van der Waals surface area contributed by atoms with Gasteiger partial charge in [-0.05, 0) is 98.7 Å². The smallest absolute Gasteiger partial charge is 0.187 e. The van der Waals surface area contributed by atoms with E-state index >= 15 is 0 Å². The van der Waals surface area contributed by atoms with Crippen LogP contribution in [-0.4, -0.2) is 221 Å². The monoisotopic (exact) mass is 948 g/mol. The van der Waals surface area contributed by atoms with Gasteiger partial charge in [0.25, 0.3) is 0 Å². The largest absolute Gasteiger partial charge is 0.394 e. The van der Waals surface area contributed by atoms with Crippen molar-refractivity contribution in [2.75, 3.05) is 26.9 Å². The van der Waals surface area contributed by atoms with Crippen LogP contribution in [0.15, 0.2) is 11.6 Å². The van der Waals surface area contributed by atoms with E-state index < -0.39 is 153 Å². The van der Waals surface area contributed by atoms with Crippen molar-refractivity contribution in [2.45, 2.75) is 207 Å². The zero-order valence-electron chi connectivity index (χ0n) is 38.5. The first-order valence-corrected chi connectivity index (χ1v) is 24.0. The first-order chi connectivity index (χ1) is 31.2. The summed E-state index contributed by atoms with van der Waals surface area (Å²) in [4.78, 5) is 0. The van der Waals surface area contributed by atoms with E-state index in [2.05, 4.69) is 19.9 Å². The highest BCUT2D eigenvalue weighted by Crippen LogP contribution is 2.69. The maximum Gasteiger partial charge on any atom is 0.187 e. The molecule has 4 aliphatic heterocycles. The topological polar surface area (TPSA) is 328 Å². The first kappa shape index (κ1) is 51.3. The lowest BCUT2D eigenvalue weighted by Gasteiger charge is -2.62. The number of aliphatic hydroxyl groups is 13. The molecular formula is C46H76O20. The minimum atomic E-state index is -1.78. The summed E-state index contributed by atoms with van der Waals surface area (Å²) in [6.45, 7) is 6.46. The summed E-state index contributed by atoms with van der Waals surface area (Å²) >= 11 is 0. The zero-order chi connectivity index (χ0) is 47.9. The Labute approximate surface area is 385 Å². The van der Waals surface area contributed by atoms with Crippen LogP contribution in [-0.2, 0) is 33.2 Å². The molecule has 0 unspecified atom stereocenters. The fourth-order valence-electron chi connectivity index (χ4n) is 14.2. The van der Waals surface area contributed by atoms with Gasteiger partial charge >= 0.3 is 0 Å². The summed E-state index contributed by atoms with van der Waals surface area (Å²) in [7, 11) is 1.43. The molecule has 8 rings (SSSR count). The summed E-state index contributed by atoms with van der Waals surface area (Å²) in [5, 5.41) is 140. The summed E-state index contributed by atoms with van der Waals surface area (Å²) in [5.41, 5.74) is -0.437. The van der Waals surface area contributed by atoms with Crippen molar-refractivity contribution < 1.29 is 99.5 Å². The lowest BCUT2D eigenvalue weighted by atomic mass is 9.44. The van der Waals surface area contributed by atoms with E-state index in [-0.39, 0.29) is 35.0 Å². The summed E-state index contributed by atoms with van der Waals surface area (Å²) in [5.74, 6) is -0.238. The van der Waals surface area contributed by atoms with Gasteiger partial charge in [0.2, 0.25) is 0 Å². The van der Waals surface area contributed by atoms with Gasteiger partial charge in [0.15, 0.2) is 12.6 Å². The van der Waals surface area contributed by atoms with E-state index in [0.717, 1.165) is 25.7 Å². The number of hydrogen-bond acceptors (Lipinski definition) is 20. The molecular weight excluding hydrogens is 872 g/mol. The molecule has 0 aromatic heterocycles. The molecule has 0 aromatic carbocycles. The number of allylic oxidation sites excluding steroid dienone is 2. The minimum Gasteiger partial charge on any atom is -0.394 e. The van der Waals surface area contributed by atoms with E-state index in [1.807, 2.05) is 6.92 Å². The van der Waals surface area contributed by atoms with Crippen LogP contribution in [0.5, 0.6) is 0 Å². The van der Waals surface area contributed by atoms with E-state index in [9.17, 15) is 66.4 Å². The Hall–Kier alpha value is -1.06. The molecule has 13 N–H and O–H groups in total. The predicted molar refractivity (Wildman–Crippen MR) is 225 cm³/mol. The quantitative estimate of drug-likeness (QED) is 0.0915. The average Bonchev–Trinajstić information content (AvgIpc) is 3.58. The second-order valence-electron chi connectivity index (χ2n) is 21.4. The molecule has 7 fully saturated rings. The van der Waals surface area contributed by atoms with E-state index in [4.69, 9.17) is 33.2 Å². The molecule has 20 heteroatoms. The summed E-state index contributed by atoms with van der Waals surface area (Å²) in [6.07, 6.45) is -18.5. The fourth-order valence-corrected chi connectivity index (χ4v) is 14.2. The molecule has 8 aliphatic rings. The first-order valence-electron chi connectivity index (χ1n) is 24.0. The molecule has 0 spiro atoms. The van der Waals surface area contributed by atoms with Crippen molar-refractivity contribution in [2.24, 2.45) is 40.4 Å². The van der Waals surface area contributed by atoms with E-state index in [0.29, 0.717) is 25.7 Å². The van der Waals surface area contributed by atoms with Gasteiger partial charge in [-0.1, -0.05) is 32.4 Å². The van der Waals surface area contributed by atoms with E-state index in [1.54, 1.807) is 6.92 Å². The van der Waals surface area contributed by atoms with Gasteiger partial charge in [0.05, 0.1) is 43.7 Å². The Morgan fingerprint density at radius 1 is 0.667 bits per heavy atom. The van der Waals surface area contributed by atoms with Crippen molar-refractivity contribution in [3.8, 4) is 0 Å². The summed E-state index contributed by atoms with van der Waals surface area (Å²) in [6, 6.07) is 0. The number of aliphatic hydroxyl groups excluding tert-OH is 12. The molecule has 3 saturated carbocycles. The molecule has 4 saturated heterocycles. The molecule has 4 aliphatic carbocycles. The Kier molecular flexibility index (Phi) is 15.2. The Bertz CT molecular complexity index is 1690. The van der Waals surface area contributed by atoms with Gasteiger partial charge in [-0.2, -0.15) is 0 Å². The molecule has 28 atom stereocenters. The van der Waals surface area contributed by atoms with Gasteiger partial charge in [0, 0.05) is 7.11 Å². The molecule has 0 radical (unpaired) electrons. The standard InChI is InChI=1S/C46H76O20/c1-18(38-34(55)31(52)28(49)25(15-47)63-38)22-10-13-46(59)24-7-6-21-14-20(8-11-44(21,3)23(24)9-12-45(22,46)4)40-37(58)41(60-5)39(19(2)62-40)66-43-36(57)33(54)30(51)27(65-43)17-61-42-35(56)32(53)29(50)26(16-48)64-42/h6,18-20,22-43,47-59H,7-17H2,1-5H3/t18-,19-,20+,22-,23+,24-,25-,26-,27-,28-,29-,30-,31+,32+,33+,34-,35-,36-,37+,38+,39+,40+,41-,42-,43+,44+,45-,46+/m1/s1. The molecule has 20 nitrogen and oxygen atoms in total. The highest BCUT2D eigenvalue weighted by Gasteiger charge is 2.68. The number of hydrogen-bond donors (Lipinski definition) is 13. The third-order valence-electron chi connectivity index (χ3n) is 18.3. The van der Waals surface area contributed by atoms with Crippen molar-refractivity contribution in [1.29, 1.82) is 0 Å². The number of methoxy groups -OCH3 is 1. The van der Waals surface area contributed by atoms with E-state index in [1.165, 1.54) is 12.7 Å². The second-order valence-corrected chi connectivity index (χ2v) is 21.4. The third-order valence-corrected chi connectivity index (χ3v) is 18.3. The maximum atomic E-state index is 12.9. The predicted octanol–water partition coefficient (Wildman–Crippen LogP) is -3.05. The van der Waals surface area contributed by atoms with Crippen LogP contribution in [0.2, 0.25) is 0 Å². The van der Waals surface area contributed by atoms with Gasteiger partial charge < -0.3 is 99.5 Å². The average molecular weight is 949 g/mol. The van der Waals surface area contributed by atoms with Gasteiger partial charge in [-0.3, -0.25) is 0 Å². The molecule has 66 heavy (non-hydrogen) atoms. The Balaban J connectivity index is 0.915. The van der Waals surface area contributed by atoms with Gasteiger partial charge in [0.1, 0.15) is 91.6 Å². The molecule has 380 valence electrons. The second kappa shape index (κ2) is 19.5. The van der Waals surface area contributed by atoms with Crippen LogP contribution >= 0.6 is 0 Å². The number of rotatable bonds is 11. The van der Waals surface area contributed by atoms with Gasteiger partial charge in [-0.15, -0.1) is 0 Å². The van der Waals surface area contributed by atoms with Gasteiger partial charge in [-0.25, -0.2) is 0 Å². The molecule has 0 aromatic rings.